The highest BCUT2D eigenvalue weighted by Gasteiger charge is 2.20. The van der Waals surface area contributed by atoms with Gasteiger partial charge in [0.15, 0.2) is 0 Å². The second kappa shape index (κ2) is 6.86. The number of nitrogens with one attached hydrogen (secondary N) is 1. The number of hydrazone groups is 1. The van der Waals surface area contributed by atoms with Gasteiger partial charge in [-0.2, -0.15) is 5.10 Å². The summed E-state index contributed by atoms with van der Waals surface area (Å²) in [4.78, 5) is 26.2. The molecule has 2 aromatic heterocycles. The molecule has 0 saturated heterocycles. The maximum atomic E-state index is 12.3. The minimum Gasteiger partial charge on any atom is -0.477 e. The molecule has 0 unspecified atom stereocenters. The largest absolute Gasteiger partial charge is 0.477 e. The first-order chi connectivity index (χ1) is 11.4. The van der Waals surface area contributed by atoms with Crippen molar-refractivity contribution >= 4 is 40.3 Å². The number of carbonyl (C=O) groups is 2. The van der Waals surface area contributed by atoms with Gasteiger partial charge in [-0.3, -0.25) is 4.79 Å². The van der Waals surface area contributed by atoms with Crippen molar-refractivity contribution in [3.05, 3.63) is 43.3 Å². The molecule has 24 heavy (non-hydrogen) atoms. The molecule has 2 N–H and O–H groups in total. The predicted octanol–water partition coefficient (Wildman–Crippen LogP) is 3.79. The lowest BCUT2D eigenvalue weighted by atomic mass is 9.90. The molecule has 5 nitrogen and oxygen atoms in total. The molecule has 3 rings (SSSR count). The maximum Gasteiger partial charge on any atom is 0.345 e. The van der Waals surface area contributed by atoms with Crippen molar-refractivity contribution in [1.82, 2.24) is 5.43 Å². The molecule has 7 heteroatoms. The van der Waals surface area contributed by atoms with Crippen LogP contribution in [0.5, 0.6) is 0 Å². The first kappa shape index (κ1) is 16.9. The number of hydrogen-bond donors (Lipinski definition) is 2. The Morgan fingerprint density at radius 3 is 2.71 bits per heavy atom. The van der Waals surface area contributed by atoms with E-state index >= 15 is 0 Å². The molecule has 0 spiro atoms. The third kappa shape index (κ3) is 3.57. The molecule has 0 radical (unpaired) electrons. The molecule has 1 aliphatic carbocycles. The van der Waals surface area contributed by atoms with Crippen molar-refractivity contribution in [2.24, 2.45) is 11.0 Å². The highest BCUT2D eigenvalue weighted by molar-refractivity contribution is 7.16. The van der Waals surface area contributed by atoms with E-state index in [4.69, 9.17) is 5.11 Å². The van der Waals surface area contributed by atoms with E-state index in [0.29, 0.717) is 16.5 Å². The van der Waals surface area contributed by atoms with E-state index in [1.165, 1.54) is 22.9 Å². The van der Waals surface area contributed by atoms with E-state index in [9.17, 15) is 9.59 Å². The van der Waals surface area contributed by atoms with Crippen LogP contribution in [0.4, 0.5) is 0 Å². The Kier molecular flexibility index (Phi) is 4.82. The van der Waals surface area contributed by atoms with Gasteiger partial charge in [0, 0.05) is 4.88 Å². The van der Waals surface area contributed by atoms with Gasteiger partial charge < -0.3 is 5.11 Å². The lowest BCUT2D eigenvalue weighted by molar-refractivity contribution is 0.0702. The zero-order valence-corrected chi connectivity index (χ0v) is 15.1. The van der Waals surface area contributed by atoms with E-state index in [1.807, 2.05) is 6.07 Å². The third-order valence-corrected chi connectivity index (χ3v) is 6.47. The Morgan fingerprint density at radius 1 is 1.25 bits per heavy atom. The van der Waals surface area contributed by atoms with Crippen molar-refractivity contribution in [2.45, 2.75) is 33.1 Å². The zero-order valence-electron chi connectivity index (χ0n) is 13.5. The van der Waals surface area contributed by atoms with Gasteiger partial charge in [0.05, 0.1) is 15.5 Å². The topological polar surface area (TPSA) is 78.8 Å². The number of carboxylic acids is 1. The molecule has 0 fully saturated rings. The monoisotopic (exact) mass is 362 g/mol. The van der Waals surface area contributed by atoms with Crippen molar-refractivity contribution in [3.63, 3.8) is 0 Å². The molecule has 1 atom stereocenters. The highest BCUT2D eigenvalue weighted by atomic mass is 32.1. The van der Waals surface area contributed by atoms with Gasteiger partial charge >= 0.3 is 5.97 Å². The van der Waals surface area contributed by atoms with Gasteiger partial charge in [-0.1, -0.05) is 6.92 Å². The van der Waals surface area contributed by atoms with Crippen molar-refractivity contribution in [2.75, 3.05) is 0 Å². The summed E-state index contributed by atoms with van der Waals surface area (Å²) >= 11 is 2.68. The Bertz CT molecular complexity index is 820. The number of carbonyl (C=O) groups excluding carboxylic acids is 1. The Labute approximate surface area is 148 Å². The maximum absolute atomic E-state index is 12.3. The van der Waals surface area contributed by atoms with Crippen LogP contribution in [0.2, 0.25) is 0 Å². The summed E-state index contributed by atoms with van der Waals surface area (Å²) in [5, 5.41) is 13.1. The van der Waals surface area contributed by atoms with Crippen LogP contribution in [0.25, 0.3) is 0 Å². The van der Waals surface area contributed by atoms with Gasteiger partial charge in [0.2, 0.25) is 0 Å². The van der Waals surface area contributed by atoms with Gasteiger partial charge in [0.1, 0.15) is 4.88 Å². The molecule has 0 aromatic carbocycles. The summed E-state index contributed by atoms with van der Waals surface area (Å²) in [6.45, 7) is 3.99. The van der Waals surface area contributed by atoms with Gasteiger partial charge in [-0.15, -0.1) is 22.7 Å². The fourth-order valence-electron chi connectivity index (χ4n) is 2.71. The standard InChI is InChI=1S/C17H18N2O3S2/c1-9-3-4-13-11(7-9)8-15(24-13)16(20)19-18-10(2)12-5-6-14(23-12)17(21)22/h5-6,8-9H,3-4,7H2,1-2H3,(H,19,20)(H,21,22)/b18-10-/t9-/m1/s1. The van der Waals surface area contributed by atoms with Crippen LogP contribution >= 0.6 is 22.7 Å². The highest BCUT2D eigenvalue weighted by Crippen LogP contribution is 2.32. The molecule has 0 saturated carbocycles. The number of rotatable bonds is 4. The van der Waals surface area contributed by atoms with Crippen LogP contribution in [0, 0.1) is 5.92 Å². The van der Waals surface area contributed by atoms with Crippen LogP contribution in [0.1, 0.15) is 54.9 Å². The number of aromatic carboxylic acids is 1. The SMILES string of the molecule is C/C(=N/NC(=O)c1cc2c(s1)CC[C@@H](C)C2)c1ccc(C(=O)O)s1. The Morgan fingerprint density at radius 2 is 2.00 bits per heavy atom. The van der Waals surface area contributed by atoms with E-state index in [1.54, 1.807) is 24.3 Å². The summed E-state index contributed by atoms with van der Waals surface area (Å²) in [6.07, 6.45) is 3.26. The summed E-state index contributed by atoms with van der Waals surface area (Å²) < 4.78 is 0. The molecule has 2 heterocycles. The minimum absolute atomic E-state index is 0.212. The van der Waals surface area contributed by atoms with Crippen LogP contribution in [-0.2, 0) is 12.8 Å². The second-order valence-electron chi connectivity index (χ2n) is 6.01. The summed E-state index contributed by atoms with van der Waals surface area (Å²) in [5.74, 6) is -0.497. The van der Waals surface area contributed by atoms with Crippen LogP contribution < -0.4 is 5.43 Å². The molecular formula is C17H18N2O3S2. The van der Waals surface area contributed by atoms with E-state index in [0.717, 1.165) is 29.1 Å². The first-order valence-corrected chi connectivity index (χ1v) is 9.37. The Balaban J connectivity index is 1.69. The number of amides is 1. The molecule has 1 aliphatic rings. The normalized spacial score (nSPS) is 17.4. The third-order valence-electron chi connectivity index (χ3n) is 4.05. The number of aryl methyl sites for hydroxylation is 1. The molecule has 126 valence electrons. The number of thiophene rings is 2. The summed E-state index contributed by atoms with van der Waals surface area (Å²) in [7, 11) is 0. The second-order valence-corrected chi connectivity index (χ2v) is 8.23. The predicted molar refractivity (Wildman–Crippen MR) is 96.5 cm³/mol. The number of fused-ring (bicyclic) bond motifs is 1. The summed E-state index contributed by atoms with van der Waals surface area (Å²) in [5.41, 5.74) is 4.45. The molecule has 0 aliphatic heterocycles. The van der Waals surface area contributed by atoms with E-state index in [-0.39, 0.29) is 10.8 Å². The molecule has 1 amide bonds. The zero-order chi connectivity index (χ0) is 17.3. The molecule has 0 bridgehead atoms. The first-order valence-electron chi connectivity index (χ1n) is 7.73. The lowest BCUT2D eigenvalue weighted by Gasteiger charge is -2.16. The lowest BCUT2D eigenvalue weighted by Crippen LogP contribution is -2.18. The van der Waals surface area contributed by atoms with Gasteiger partial charge in [-0.05, 0) is 55.9 Å². The smallest absolute Gasteiger partial charge is 0.345 e. The van der Waals surface area contributed by atoms with Crippen molar-refractivity contribution < 1.29 is 14.7 Å². The molecular weight excluding hydrogens is 344 g/mol. The fourth-order valence-corrected chi connectivity index (χ4v) is 4.60. The van der Waals surface area contributed by atoms with E-state index < -0.39 is 5.97 Å². The van der Waals surface area contributed by atoms with Crippen LogP contribution in [0.3, 0.4) is 0 Å². The van der Waals surface area contributed by atoms with E-state index in [2.05, 4.69) is 17.5 Å². The minimum atomic E-state index is -0.957. The van der Waals surface area contributed by atoms with Crippen LogP contribution in [0.15, 0.2) is 23.3 Å². The Hall–Kier alpha value is -1.99. The average Bonchev–Trinajstić information content (AvgIpc) is 3.18. The quantitative estimate of drug-likeness (QED) is 0.641. The number of carboxylic acid groups (broad SMARTS) is 1. The van der Waals surface area contributed by atoms with Crippen molar-refractivity contribution in [1.29, 1.82) is 0 Å². The summed E-state index contributed by atoms with van der Waals surface area (Å²) in [6, 6.07) is 5.21. The number of nitrogens with zero attached hydrogens (tertiary/aromatic N) is 1. The fraction of sp³-hybridized carbons (Fsp3) is 0.353. The van der Waals surface area contributed by atoms with Gasteiger partial charge in [0.25, 0.3) is 5.91 Å². The van der Waals surface area contributed by atoms with Gasteiger partial charge in [-0.25, -0.2) is 10.2 Å². The molecule has 2 aromatic rings. The van der Waals surface area contributed by atoms with Crippen molar-refractivity contribution in [3.8, 4) is 0 Å². The average molecular weight is 362 g/mol. The number of hydrogen-bond acceptors (Lipinski definition) is 5. The van der Waals surface area contributed by atoms with Crippen LogP contribution in [-0.4, -0.2) is 22.7 Å².